The fraction of sp³-hybridized carbons (Fsp3) is 0.250. The fourth-order valence-electron chi connectivity index (χ4n) is 0.333. The molecular formula is C8H13NOW. The molecule has 0 fully saturated rings. The Morgan fingerprint density at radius 1 is 1.45 bits per heavy atom. The SMILES string of the molecule is CC.O=c1cc[c-]c[nH]1.[CH3-].[W+2]. The molecule has 0 radical (unpaired) electrons. The molecule has 3 heteroatoms. The third kappa shape index (κ3) is 9.64. The summed E-state index contributed by atoms with van der Waals surface area (Å²) in [5.41, 5.74) is -0.0845. The molecule has 0 spiro atoms. The number of rotatable bonds is 0. The minimum atomic E-state index is -0.0845. The van der Waals surface area contributed by atoms with Gasteiger partial charge in [-0.05, 0) is 0 Å². The van der Waals surface area contributed by atoms with Gasteiger partial charge in [-0.25, -0.2) is 12.1 Å². The number of aromatic nitrogens is 1. The molecule has 0 saturated heterocycles. The van der Waals surface area contributed by atoms with Gasteiger partial charge in [-0.15, -0.1) is 6.07 Å². The number of aromatic amines is 1. The molecule has 2 nitrogen and oxygen atoms in total. The maximum Gasteiger partial charge on any atom is 2.00 e. The van der Waals surface area contributed by atoms with E-state index in [1.165, 1.54) is 12.3 Å². The first-order chi connectivity index (χ1) is 4.39. The van der Waals surface area contributed by atoms with Crippen molar-refractivity contribution in [1.82, 2.24) is 4.98 Å². The summed E-state index contributed by atoms with van der Waals surface area (Å²) >= 11 is 0. The monoisotopic (exact) mass is 323 g/mol. The first-order valence-electron chi connectivity index (χ1n) is 2.94. The van der Waals surface area contributed by atoms with Crippen molar-refractivity contribution >= 4 is 0 Å². The molecule has 0 amide bonds. The molecule has 0 aliphatic rings. The Morgan fingerprint density at radius 2 is 2.00 bits per heavy atom. The van der Waals surface area contributed by atoms with E-state index < -0.39 is 0 Å². The molecule has 1 aromatic rings. The van der Waals surface area contributed by atoms with Crippen molar-refractivity contribution in [2.75, 3.05) is 0 Å². The zero-order chi connectivity index (χ0) is 7.11. The van der Waals surface area contributed by atoms with Gasteiger partial charge in [0.05, 0.1) is 0 Å². The summed E-state index contributed by atoms with van der Waals surface area (Å²) in [6, 6.07) is 5.66. The van der Waals surface area contributed by atoms with Gasteiger partial charge in [-0.3, -0.25) is 4.79 Å². The van der Waals surface area contributed by atoms with Gasteiger partial charge >= 0.3 is 21.1 Å². The molecule has 0 saturated carbocycles. The Kier molecular flexibility index (Phi) is 19.0. The maximum absolute atomic E-state index is 10.2. The summed E-state index contributed by atoms with van der Waals surface area (Å²) in [7, 11) is 0. The summed E-state index contributed by atoms with van der Waals surface area (Å²) < 4.78 is 0. The van der Waals surface area contributed by atoms with Crippen LogP contribution in [0.25, 0.3) is 0 Å². The summed E-state index contributed by atoms with van der Waals surface area (Å²) in [5.74, 6) is 0. The zero-order valence-corrected chi connectivity index (χ0v) is 9.98. The normalized spacial score (nSPS) is 6.00. The van der Waals surface area contributed by atoms with Crippen LogP contribution in [0, 0.1) is 13.5 Å². The predicted octanol–water partition coefficient (Wildman–Crippen LogP) is 1.65. The Hall–Kier alpha value is -0.362. The Bertz CT molecular complexity index is 180. The number of hydrogen-bond donors (Lipinski definition) is 1. The van der Waals surface area contributed by atoms with Crippen LogP contribution in [0.5, 0.6) is 0 Å². The van der Waals surface area contributed by atoms with Crippen LogP contribution in [0.4, 0.5) is 0 Å². The number of nitrogens with one attached hydrogen (secondary N) is 1. The second kappa shape index (κ2) is 12.3. The molecule has 0 aromatic carbocycles. The first-order valence-corrected chi connectivity index (χ1v) is 2.94. The smallest absolute Gasteiger partial charge is 0.362 e. The molecule has 1 aromatic heterocycles. The molecular weight excluding hydrogens is 310 g/mol. The number of hydrogen-bond acceptors (Lipinski definition) is 1. The van der Waals surface area contributed by atoms with E-state index in [-0.39, 0.29) is 34.1 Å². The van der Waals surface area contributed by atoms with Crippen molar-refractivity contribution < 1.29 is 21.1 Å². The van der Waals surface area contributed by atoms with Crippen LogP contribution < -0.4 is 5.56 Å². The molecule has 0 atom stereocenters. The van der Waals surface area contributed by atoms with Crippen molar-refractivity contribution in [3.05, 3.63) is 42.2 Å². The molecule has 11 heavy (non-hydrogen) atoms. The summed E-state index contributed by atoms with van der Waals surface area (Å²) in [6.07, 6.45) is 1.47. The van der Waals surface area contributed by atoms with E-state index >= 15 is 0 Å². The molecule has 1 heterocycles. The quantitative estimate of drug-likeness (QED) is 0.724. The summed E-state index contributed by atoms with van der Waals surface area (Å²) in [6.45, 7) is 4.00. The predicted molar refractivity (Wildman–Crippen MR) is 43.7 cm³/mol. The van der Waals surface area contributed by atoms with E-state index in [1.54, 1.807) is 6.07 Å². The fourth-order valence-corrected chi connectivity index (χ4v) is 0.333. The van der Waals surface area contributed by atoms with Gasteiger partial charge in [0.15, 0.2) is 5.56 Å². The molecule has 1 rings (SSSR count). The van der Waals surface area contributed by atoms with Gasteiger partial charge in [0.1, 0.15) is 0 Å². The largest absolute Gasteiger partial charge is 2.00 e. The molecule has 0 aliphatic carbocycles. The van der Waals surface area contributed by atoms with Gasteiger partial charge < -0.3 is 12.4 Å². The Labute approximate surface area is 82.3 Å². The molecule has 1 N–H and O–H groups in total. The minimum absolute atomic E-state index is 0. The van der Waals surface area contributed by atoms with Gasteiger partial charge in [0.25, 0.3) is 0 Å². The van der Waals surface area contributed by atoms with Crippen LogP contribution in [-0.4, -0.2) is 4.98 Å². The van der Waals surface area contributed by atoms with E-state index in [0.717, 1.165) is 0 Å². The maximum atomic E-state index is 10.2. The van der Waals surface area contributed by atoms with Crippen LogP contribution >= 0.6 is 0 Å². The van der Waals surface area contributed by atoms with E-state index in [0.29, 0.717) is 0 Å². The Balaban J connectivity index is -0.000000149. The minimum Gasteiger partial charge on any atom is -0.362 e. The topological polar surface area (TPSA) is 32.9 Å². The van der Waals surface area contributed by atoms with Crippen molar-refractivity contribution in [3.8, 4) is 0 Å². The van der Waals surface area contributed by atoms with E-state index in [4.69, 9.17) is 0 Å². The van der Waals surface area contributed by atoms with Gasteiger partial charge in [-0.1, -0.05) is 20.0 Å². The van der Waals surface area contributed by atoms with Gasteiger partial charge in [-0.2, -0.15) is 0 Å². The van der Waals surface area contributed by atoms with Gasteiger partial charge in [0.2, 0.25) is 0 Å². The van der Waals surface area contributed by atoms with Crippen molar-refractivity contribution in [3.63, 3.8) is 0 Å². The van der Waals surface area contributed by atoms with Crippen LogP contribution in [0.1, 0.15) is 13.8 Å². The standard InChI is InChI=1S/C5H4NO.C2H6.CH3.W/c7-5-3-1-2-4-6-5;1-2;;/h1,3-4H,(H,6,7);1-2H3;1H3;/q-1;;-1;+2. The average Bonchev–Trinajstić information content (AvgIpc) is 1.94. The van der Waals surface area contributed by atoms with Crippen LogP contribution in [-0.2, 0) is 21.1 Å². The van der Waals surface area contributed by atoms with Crippen molar-refractivity contribution in [2.24, 2.45) is 0 Å². The van der Waals surface area contributed by atoms with E-state index in [1.807, 2.05) is 13.8 Å². The van der Waals surface area contributed by atoms with E-state index in [2.05, 4.69) is 11.1 Å². The van der Waals surface area contributed by atoms with Gasteiger partial charge in [0, 0.05) is 0 Å². The molecule has 0 aliphatic heterocycles. The average molecular weight is 323 g/mol. The van der Waals surface area contributed by atoms with E-state index in [9.17, 15) is 4.79 Å². The molecule has 0 bridgehead atoms. The van der Waals surface area contributed by atoms with Crippen LogP contribution in [0.2, 0.25) is 0 Å². The molecule has 62 valence electrons. The summed E-state index contributed by atoms with van der Waals surface area (Å²) in [4.78, 5) is 12.6. The second-order valence-corrected chi connectivity index (χ2v) is 1.15. The second-order valence-electron chi connectivity index (χ2n) is 1.15. The number of H-pyrrole nitrogens is 1. The zero-order valence-electron chi connectivity index (χ0n) is 7.05. The third-order valence-corrected chi connectivity index (χ3v) is 0.629. The number of pyridine rings is 1. The molecule has 0 unspecified atom stereocenters. The van der Waals surface area contributed by atoms with Crippen LogP contribution in [0.15, 0.2) is 23.1 Å². The Morgan fingerprint density at radius 3 is 2.18 bits per heavy atom. The first kappa shape index (κ1) is 16.9. The van der Waals surface area contributed by atoms with Crippen molar-refractivity contribution in [1.29, 1.82) is 0 Å². The third-order valence-electron chi connectivity index (χ3n) is 0.629. The summed E-state index contributed by atoms with van der Waals surface area (Å²) in [5, 5.41) is 0. The van der Waals surface area contributed by atoms with Crippen LogP contribution in [0.3, 0.4) is 0 Å². The van der Waals surface area contributed by atoms with Crippen molar-refractivity contribution in [2.45, 2.75) is 13.8 Å².